The van der Waals surface area contributed by atoms with Crippen LogP contribution in [0.2, 0.25) is 0 Å². The molecule has 0 radical (unpaired) electrons. The van der Waals surface area contributed by atoms with E-state index in [1.807, 2.05) is 0 Å². The van der Waals surface area contributed by atoms with Gasteiger partial charge in [-0.1, -0.05) is 0 Å². The zero-order valence-electron chi connectivity index (χ0n) is 14.7. The van der Waals surface area contributed by atoms with Gasteiger partial charge in [-0.15, -0.1) is 0 Å². The van der Waals surface area contributed by atoms with Crippen LogP contribution >= 0.6 is 0 Å². The molecule has 2 heterocycles. The lowest BCUT2D eigenvalue weighted by molar-refractivity contribution is -0.123. The third-order valence-electron chi connectivity index (χ3n) is 4.04. The highest BCUT2D eigenvalue weighted by atomic mass is 19.1. The van der Waals surface area contributed by atoms with Gasteiger partial charge in [0.25, 0.3) is 5.91 Å². The van der Waals surface area contributed by atoms with Crippen molar-refractivity contribution in [2.75, 3.05) is 13.4 Å². The smallest absolute Gasteiger partial charge is 0.258 e. The molecule has 7 nitrogen and oxygen atoms in total. The lowest BCUT2D eigenvalue weighted by Gasteiger charge is -2.08. The minimum Gasteiger partial charge on any atom is -0.484 e. The van der Waals surface area contributed by atoms with Crippen LogP contribution in [-0.4, -0.2) is 29.3 Å². The number of nitrogens with one attached hydrogen (secondary N) is 1. The molecule has 0 atom stereocenters. The Morgan fingerprint density at radius 3 is 2.75 bits per heavy atom. The SMILES string of the molecule is O=C(COc1ccc2c(c1)OCO2)NCc1cc(-c2ccc(F)cc2)ncn1. The molecule has 1 aliphatic heterocycles. The number of ether oxygens (including phenoxy) is 3. The maximum atomic E-state index is 13.0. The van der Waals surface area contributed by atoms with Gasteiger partial charge in [0.2, 0.25) is 6.79 Å². The molecule has 0 fully saturated rings. The monoisotopic (exact) mass is 381 g/mol. The molecule has 0 bridgehead atoms. The van der Waals surface area contributed by atoms with E-state index in [1.165, 1.54) is 18.5 Å². The van der Waals surface area contributed by atoms with E-state index in [-0.39, 0.29) is 31.7 Å². The summed E-state index contributed by atoms with van der Waals surface area (Å²) in [7, 11) is 0. The Labute approximate surface area is 160 Å². The predicted octanol–water partition coefficient (Wildman–Crippen LogP) is 2.71. The fourth-order valence-corrected chi connectivity index (χ4v) is 2.63. The number of halogens is 1. The summed E-state index contributed by atoms with van der Waals surface area (Å²) in [5, 5.41) is 2.74. The molecule has 142 valence electrons. The van der Waals surface area contributed by atoms with Gasteiger partial charge in [-0.25, -0.2) is 14.4 Å². The van der Waals surface area contributed by atoms with Gasteiger partial charge < -0.3 is 19.5 Å². The molecule has 1 N–H and O–H groups in total. The molecule has 3 aromatic rings. The number of hydrogen-bond acceptors (Lipinski definition) is 6. The van der Waals surface area contributed by atoms with Crippen LogP contribution in [0.25, 0.3) is 11.3 Å². The van der Waals surface area contributed by atoms with Gasteiger partial charge in [-0.3, -0.25) is 4.79 Å². The van der Waals surface area contributed by atoms with Gasteiger partial charge in [0.05, 0.1) is 17.9 Å². The maximum Gasteiger partial charge on any atom is 0.258 e. The lowest BCUT2D eigenvalue weighted by Crippen LogP contribution is -2.28. The van der Waals surface area contributed by atoms with Gasteiger partial charge in [0, 0.05) is 11.6 Å². The molecule has 0 saturated carbocycles. The maximum absolute atomic E-state index is 13.0. The van der Waals surface area contributed by atoms with Crippen molar-refractivity contribution in [1.29, 1.82) is 0 Å². The van der Waals surface area contributed by atoms with E-state index in [1.54, 1.807) is 36.4 Å². The van der Waals surface area contributed by atoms with Crippen LogP contribution in [-0.2, 0) is 11.3 Å². The van der Waals surface area contributed by atoms with Crippen molar-refractivity contribution in [3.05, 3.63) is 66.4 Å². The summed E-state index contributed by atoms with van der Waals surface area (Å²) < 4.78 is 29.0. The molecule has 0 unspecified atom stereocenters. The number of nitrogens with zero attached hydrogens (tertiary/aromatic N) is 2. The normalized spacial score (nSPS) is 11.9. The molecule has 1 aromatic heterocycles. The van der Waals surface area contributed by atoms with Crippen molar-refractivity contribution < 1.29 is 23.4 Å². The molecule has 28 heavy (non-hydrogen) atoms. The fraction of sp³-hybridized carbons (Fsp3) is 0.150. The van der Waals surface area contributed by atoms with Crippen LogP contribution in [0.4, 0.5) is 4.39 Å². The number of amides is 1. The van der Waals surface area contributed by atoms with E-state index in [4.69, 9.17) is 14.2 Å². The van der Waals surface area contributed by atoms with E-state index in [9.17, 15) is 9.18 Å². The second-order valence-electron chi connectivity index (χ2n) is 5.98. The number of hydrogen-bond donors (Lipinski definition) is 1. The Morgan fingerprint density at radius 2 is 1.89 bits per heavy atom. The number of benzene rings is 2. The first-order valence-electron chi connectivity index (χ1n) is 8.53. The average Bonchev–Trinajstić information content (AvgIpc) is 3.19. The van der Waals surface area contributed by atoms with E-state index in [0.29, 0.717) is 28.6 Å². The second-order valence-corrected chi connectivity index (χ2v) is 5.98. The standard InChI is InChI=1S/C20H16FN3O4/c21-14-3-1-13(2-4-14)17-7-15(23-11-24-17)9-22-20(25)10-26-16-5-6-18-19(8-16)28-12-27-18/h1-8,11H,9-10,12H2,(H,22,25). The van der Waals surface area contributed by atoms with Crippen LogP contribution in [0.5, 0.6) is 17.2 Å². The lowest BCUT2D eigenvalue weighted by atomic mass is 10.1. The topological polar surface area (TPSA) is 82.6 Å². The largest absolute Gasteiger partial charge is 0.484 e. The third-order valence-corrected chi connectivity index (χ3v) is 4.04. The van der Waals surface area contributed by atoms with Crippen LogP contribution < -0.4 is 19.5 Å². The highest BCUT2D eigenvalue weighted by Gasteiger charge is 2.14. The summed E-state index contributed by atoms with van der Waals surface area (Å²) in [6.45, 7) is 0.258. The number of rotatable bonds is 6. The van der Waals surface area contributed by atoms with E-state index >= 15 is 0 Å². The summed E-state index contributed by atoms with van der Waals surface area (Å²) in [5.74, 6) is 1.15. The Kier molecular flexibility index (Phi) is 5.01. The first-order chi connectivity index (χ1) is 13.7. The molecule has 1 aliphatic rings. The van der Waals surface area contributed by atoms with Crippen molar-refractivity contribution in [2.24, 2.45) is 0 Å². The summed E-state index contributed by atoms with van der Waals surface area (Å²) in [5.41, 5.74) is 2.05. The Hall–Kier alpha value is -3.68. The Balaban J connectivity index is 1.31. The molecule has 4 rings (SSSR count). The van der Waals surface area contributed by atoms with Crippen LogP contribution in [0.15, 0.2) is 54.9 Å². The van der Waals surface area contributed by atoms with Gasteiger partial charge in [-0.2, -0.15) is 0 Å². The molecule has 8 heteroatoms. The zero-order chi connectivity index (χ0) is 19.3. The van der Waals surface area contributed by atoms with E-state index in [0.717, 1.165) is 5.56 Å². The van der Waals surface area contributed by atoms with E-state index in [2.05, 4.69) is 15.3 Å². The fourth-order valence-electron chi connectivity index (χ4n) is 2.63. The van der Waals surface area contributed by atoms with Crippen molar-refractivity contribution in [1.82, 2.24) is 15.3 Å². The summed E-state index contributed by atoms with van der Waals surface area (Å²) in [6.07, 6.45) is 1.41. The van der Waals surface area contributed by atoms with Crippen LogP contribution in [0.1, 0.15) is 5.69 Å². The molecule has 1 amide bonds. The van der Waals surface area contributed by atoms with Crippen molar-refractivity contribution in [3.63, 3.8) is 0 Å². The summed E-state index contributed by atoms with van der Waals surface area (Å²) in [4.78, 5) is 20.4. The summed E-state index contributed by atoms with van der Waals surface area (Å²) in [6, 6.07) is 12.9. The highest BCUT2D eigenvalue weighted by Crippen LogP contribution is 2.35. The van der Waals surface area contributed by atoms with Crippen molar-refractivity contribution in [3.8, 4) is 28.5 Å². The second kappa shape index (κ2) is 7.91. The minimum atomic E-state index is -0.312. The van der Waals surface area contributed by atoms with Gasteiger partial charge >= 0.3 is 0 Å². The number of fused-ring (bicyclic) bond motifs is 1. The van der Waals surface area contributed by atoms with Gasteiger partial charge in [0.1, 0.15) is 17.9 Å². The molecule has 0 saturated heterocycles. The third kappa shape index (κ3) is 4.17. The number of aromatic nitrogens is 2. The summed E-state index contributed by atoms with van der Waals surface area (Å²) >= 11 is 0. The van der Waals surface area contributed by atoms with E-state index < -0.39 is 0 Å². The molecular formula is C20H16FN3O4. The first kappa shape index (κ1) is 17.7. The van der Waals surface area contributed by atoms with Gasteiger partial charge in [-0.05, 0) is 42.5 Å². The Bertz CT molecular complexity index is 995. The molecule has 0 aliphatic carbocycles. The number of carbonyl (C=O) groups excluding carboxylic acids is 1. The minimum absolute atomic E-state index is 0.143. The Morgan fingerprint density at radius 1 is 1.07 bits per heavy atom. The van der Waals surface area contributed by atoms with Crippen LogP contribution in [0, 0.1) is 5.82 Å². The molecular weight excluding hydrogens is 365 g/mol. The van der Waals surface area contributed by atoms with Crippen molar-refractivity contribution in [2.45, 2.75) is 6.54 Å². The zero-order valence-corrected chi connectivity index (χ0v) is 14.7. The quantitative estimate of drug-likeness (QED) is 0.707. The number of carbonyl (C=O) groups is 1. The molecule has 2 aromatic carbocycles. The highest BCUT2D eigenvalue weighted by molar-refractivity contribution is 5.77. The first-order valence-corrected chi connectivity index (χ1v) is 8.53. The van der Waals surface area contributed by atoms with Gasteiger partial charge in [0.15, 0.2) is 18.1 Å². The average molecular weight is 381 g/mol. The van der Waals surface area contributed by atoms with Crippen molar-refractivity contribution >= 4 is 5.91 Å². The van der Waals surface area contributed by atoms with Crippen LogP contribution in [0.3, 0.4) is 0 Å². The predicted molar refractivity (Wildman–Crippen MR) is 97.3 cm³/mol. The molecule has 0 spiro atoms.